The SMILES string of the molecule is CNC(COc1cc(F)ccc1F)c1cccc(F)c1F. The summed E-state index contributed by atoms with van der Waals surface area (Å²) in [4.78, 5) is 0. The van der Waals surface area contributed by atoms with E-state index in [1.165, 1.54) is 19.2 Å². The Morgan fingerprint density at radius 1 is 1.05 bits per heavy atom. The zero-order chi connectivity index (χ0) is 15.4. The van der Waals surface area contributed by atoms with E-state index >= 15 is 0 Å². The van der Waals surface area contributed by atoms with Crippen molar-refractivity contribution >= 4 is 0 Å². The van der Waals surface area contributed by atoms with Crippen LogP contribution in [0, 0.1) is 23.3 Å². The summed E-state index contributed by atoms with van der Waals surface area (Å²) in [7, 11) is 1.53. The average molecular weight is 299 g/mol. The average Bonchev–Trinajstić information content (AvgIpc) is 2.47. The van der Waals surface area contributed by atoms with E-state index < -0.39 is 29.3 Å². The van der Waals surface area contributed by atoms with Crippen LogP contribution in [0.1, 0.15) is 11.6 Å². The quantitative estimate of drug-likeness (QED) is 0.852. The standard InChI is InChI=1S/C15H13F4NO/c1-20-13(10-3-2-4-12(18)15(10)19)8-21-14-7-9(16)5-6-11(14)17/h2-7,13,20H,8H2,1H3. The number of benzene rings is 2. The first-order valence-electron chi connectivity index (χ1n) is 6.22. The van der Waals surface area contributed by atoms with Gasteiger partial charge in [-0.05, 0) is 25.2 Å². The second kappa shape index (κ2) is 6.58. The maximum atomic E-state index is 13.7. The highest BCUT2D eigenvalue weighted by atomic mass is 19.2. The smallest absolute Gasteiger partial charge is 0.165 e. The van der Waals surface area contributed by atoms with Gasteiger partial charge >= 0.3 is 0 Å². The van der Waals surface area contributed by atoms with Crippen LogP contribution in [0.25, 0.3) is 0 Å². The molecule has 0 aromatic heterocycles. The monoisotopic (exact) mass is 299 g/mol. The molecule has 1 atom stereocenters. The van der Waals surface area contributed by atoms with Gasteiger partial charge in [0, 0.05) is 11.6 Å². The molecule has 21 heavy (non-hydrogen) atoms. The normalized spacial score (nSPS) is 12.2. The summed E-state index contributed by atoms with van der Waals surface area (Å²) >= 11 is 0. The van der Waals surface area contributed by atoms with Gasteiger partial charge in [-0.1, -0.05) is 12.1 Å². The van der Waals surface area contributed by atoms with E-state index in [2.05, 4.69) is 5.32 Å². The molecule has 1 unspecified atom stereocenters. The molecule has 2 aromatic rings. The first kappa shape index (κ1) is 15.3. The molecule has 0 heterocycles. The molecule has 0 aliphatic heterocycles. The summed E-state index contributed by atoms with van der Waals surface area (Å²) in [5.41, 5.74) is 0.0503. The number of halogens is 4. The summed E-state index contributed by atoms with van der Waals surface area (Å²) in [5.74, 6) is -3.65. The van der Waals surface area contributed by atoms with E-state index in [0.717, 1.165) is 24.3 Å². The van der Waals surface area contributed by atoms with Crippen LogP contribution in [0.4, 0.5) is 17.6 Å². The molecule has 112 valence electrons. The third-order valence-electron chi connectivity index (χ3n) is 3.00. The lowest BCUT2D eigenvalue weighted by Crippen LogP contribution is -2.25. The number of rotatable bonds is 5. The zero-order valence-electron chi connectivity index (χ0n) is 11.2. The van der Waals surface area contributed by atoms with Crippen LogP contribution < -0.4 is 10.1 Å². The molecule has 0 saturated heterocycles. The highest BCUT2D eigenvalue weighted by molar-refractivity contribution is 5.26. The number of hydrogen-bond donors (Lipinski definition) is 1. The number of hydrogen-bond acceptors (Lipinski definition) is 2. The zero-order valence-corrected chi connectivity index (χ0v) is 11.2. The molecule has 2 aromatic carbocycles. The number of ether oxygens (including phenoxy) is 1. The van der Waals surface area contributed by atoms with Crippen molar-refractivity contribution in [2.45, 2.75) is 6.04 Å². The maximum Gasteiger partial charge on any atom is 0.165 e. The Hall–Kier alpha value is -2.08. The third-order valence-corrected chi connectivity index (χ3v) is 3.00. The first-order valence-corrected chi connectivity index (χ1v) is 6.22. The topological polar surface area (TPSA) is 21.3 Å². The van der Waals surface area contributed by atoms with E-state index in [-0.39, 0.29) is 17.9 Å². The van der Waals surface area contributed by atoms with Crippen LogP contribution in [-0.2, 0) is 0 Å². The Balaban J connectivity index is 2.16. The Morgan fingerprint density at radius 3 is 2.52 bits per heavy atom. The van der Waals surface area contributed by atoms with Gasteiger partial charge in [0.1, 0.15) is 12.4 Å². The van der Waals surface area contributed by atoms with Crippen molar-refractivity contribution in [1.82, 2.24) is 5.32 Å². The van der Waals surface area contributed by atoms with Crippen LogP contribution in [0.2, 0.25) is 0 Å². The van der Waals surface area contributed by atoms with Crippen LogP contribution in [0.5, 0.6) is 5.75 Å². The van der Waals surface area contributed by atoms with Gasteiger partial charge in [-0.2, -0.15) is 0 Å². The van der Waals surface area contributed by atoms with E-state index in [9.17, 15) is 17.6 Å². The van der Waals surface area contributed by atoms with Gasteiger partial charge in [0.2, 0.25) is 0 Å². The van der Waals surface area contributed by atoms with Crippen LogP contribution >= 0.6 is 0 Å². The van der Waals surface area contributed by atoms with E-state index in [4.69, 9.17) is 4.74 Å². The fraction of sp³-hybridized carbons (Fsp3) is 0.200. The molecule has 0 saturated carbocycles. The number of likely N-dealkylation sites (N-methyl/N-ethyl adjacent to an activating group) is 1. The minimum Gasteiger partial charge on any atom is -0.488 e. The highest BCUT2D eigenvalue weighted by Gasteiger charge is 2.18. The largest absolute Gasteiger partial charge is 0.488 e. The molecule has 2 nitrogen and oxygen atoms in total. The first-order chi connectivity index (χ1) is 10.0. The Bertz CT molecular complexity index is 633. The predicted octanol–water partition coefficient (Wildman–Crippen LogP) is 3.58. The molecular formula is C15H13F4NO. The van der Waals surface area contributed by atoms with Crippen molar-refractivity contribution in [2.75, 3.05) is 13.7 Å². The minimum atomic E-state index is -1.000. The van der Waals surface area contributed by atoms with Gasteiger partial charge < -0.3 is 10.1 Å². The van der Waals surface area contributed by atoms with Crippen molar-refractivity contribution in [3.05, 3.63) is 65.2 Å². The Labute approximate surface area is 119 Å². The second-order valence-electron chi connectivity index (χ2n) is 4.37. The Kier molecular flexibility index (Phi) is 4.80. The van der Waals surface area contributed by atoms with E-state index in [1.54, 1.807) is 0 Å². The summed E-state index contributed by atoms with van der Waals surface area (Å²) < 4.78 is 58.5. The molecule has 0 fully saturated rings. The molecule has 0 radical (unpaired) electrons. The summed E-state index contributed by atoms with van der Waals surface area (Å²) in [6.45, 7) is -0.183. The van der Waals surface area contributed by atoms with Gasteiger partial charge in [0.05, 0.1) is 6.04 Å². The van der Waals surface area contributed by atoms with Gasteiger partial charge in [-0.3, -0.25) is 0 Å². The highest BCUT2D eigenvalue weighted by Crippen LogP contribution is 2.23. The van der Waals surface area contributed by atoms with Crippen molar-refractivity contribution in [3.8, 4) is 5.75 Å². The molecule has 0 aliphatic carbocycles. The van der Waals surface area contributed by atoms with Gasteiger partial charge in [0.15, 0.2) is 23.2 Å². The van der Waals surface area contributed by atoms with E-state index in [1.807, 2.05) is 0 Å². The fourth-order valence-electron chi connectivity index (χ4n) is 1.88. The van der Waals surface area contributed by atoms with Crippen LogP contribution in [-0.4, -0.2) is 13.7 Å². The van der Waals surface area contributed by atoms with E-state index in [0.29, 0.717) is 0 Å². The molecule has 2 rings (SSSR count). The molecule has 6 heteroatoms. The van der Waals surface area contributed by atoms with Crippen LogP contribution in [0.3, 0.4) is 0 Å². The van der Waals surface area contributed by atoms with Gasteiger partial charge in [0.25, 0.3) is 0 Å². The predicted molar refractivity (Wildman–Crippen MR) is 70.0 cm³/mol. The molecule has 0 bridgehead atoms. The molecule has 0 amide bonds. The molecule has 0 aliphatic rings. The lowest BCUT2D eigenvalue weighted by Gasteiger charge is -2.18. The lowest BCUT2D eigenvalue weighted by molar-refractivity contribution is 0.256. The van der Waals surface area contributed by atoms with Crippen molar-refractivity contribution in [1.29, 1.82) is 0 Å². The summed E-state index contributed by atoms with van der Waals surface area (Å²) in [6, 6.07) is 5.84. The lowest BCUT2D eigenvalue weighted by atomic mass is 10.1. The maximum absolute atomic E-state index is 13.7. The van der Waals surface area contributed by atoms with Crippen LogP contribution in [0.15, 0.2) is 36.4 Å². The summed E-state index contributed by atoms with van der Waals surface area (Å²) in [6.07, 6.45) is 0. The third kappa shape index (κ3) is 3.52. The fourth-order valence-corrected chi connectivity index (χ4v) is 1.88. The minimum absolute atomic E-state index is 0.0503. The Morgan fingerprint density at radius 2 is 1.81 bits per heavy atom. The molecule has 0 spiro atoms. The van der Waals surface area contributed by atoms with Crippen molar-refractivity contribution < 1.29 is 22.3 Å². The van der Waals surface area contributed by atoms with Crippen molar-refractivity contribution in [2.24, 2.45) is 0 Å². The van der Waals surface area contributed by atoms with Gasteiger partial charge in [-0.25, -0.2) is 17.6 Å². The van der Waals surface area contributed by atoms with Gasteiger partial charge in [-0.15, -0.1) is 0 Å². The van der Waals surface area contributed by atoms with Crippen molar-refractivity contribution in [3.63, 3.8) is 0 Å². The molecular weight excluding hydrogens is 286 g/mol. The summed E-state index contributed by atoms with van der Waals surface area (Å²) in [5, 5.41) is 2.74. The molecule has 1 N–H and O–H groups in total. The second-order valence-corrected chi connectivity index (χ2v) is 4.37. The number of nitrogens with one attached hydrogen (secondary N) is 1.